The van der Waals surface area contributed by atoms with Gasteiger partial charge in [-0.25, -0.2) is 0 Å². The van der Waals surface area contributed by atoms with Crippen molar-refractivity contribution in [2.45, 2.75) is 45.4 Å². The number of aryl methyl sites for hydroxylation is 1. The molecule has 0 saturated heterocycles. The van der Waals surface area contributed by atoms with E-state index in [1.165, 1.54) is 11.3 Å². The molecule has 6 nitrogen and oxygen atoms in total. The van der Waals surface area contributed by atoms with Crippen molar-refractivity contribution in [2.24, 2.45) is 0 Å². The zero-order chi connectivity index (χ0) is 18.2. The molecule has 2 rings (SSSR count). The summed E-state index contributed by atoms with van der Waals surface area (Å²) in [6.07, 6.45) is 3.00. The Morgan fingerprint density at radius 2 is 1.76 bits per heavy atom. The first-order valence-corrected chi connectivity index (χ1v) is 9.26. The lowest BCUT2D eigenvalue weighted by Gasteiger charge is -2.08. The number of anilines is 1. The van der Waals surface area contributed by atoms with E-state index in [-0.39, 0.29) is 5.91 Å². The Morgan fingerprint density at radius 3 is 2.32 bits per heavy atom. The zero-order valence-corrected chi connectivity index (χ0v) is 16.0. The number of rotatable bonds is 9. The van der Waals surface area contributed by atoms with Gasteiger partial charge < -0.3 is 14.8 Å². The molecule has 7 heteroatoms. The number of methoxy groups -OCH3 is 2. The van der Waals surface area contributed by atoms with Gasteiger partial charge >= 0.3 is 0 Å². The topological polar surface area (TPSA) is 73.3 Å². The number of nitrogens with zero attached hydrogens (tertiary/aromatic N) is 2. The van der Waals surface area contributed by atoms with E-state index in [4.69, 9.17) is 9.47 Å². The van der Waals surface area contributed by atoms with Gasteiger partial charge in [0.2, 0.25) is 11.0 Å². The first-order chi connectivity index (χ1) is 12.1. The minimum absolute atomic E-state index is 0.0750. The Balaban J connectivity index is 1.93. The smallest absolute Gasteiger partial charge is 0.226 e. The second-order valence-corrected chi connectivity index (χ2v) is 6.74. The maximum atomic E-state index is 12.2. The summed E-state index contributed by atoms with van der Waals surface area (Å²) in [6.45, 7) is 4.27. The fourth-order valence-electron chi connectivity index (χ4n) is 2.54. The van der Waals surface area contributed by atoms with Crippen molar-refractivity contribution in [1.82, 2.24) is 10.2 Å². The van der Waals surface area contributed by atoms with Crippen LogP contribution in [0.5, 0.6) is 11.5 Å². The maximum absolute atomic E-state index is 12.2. The average Bonchev–Trinajstić information content (AvgIpc) is 3.08. The molecule has 0 unspecified atom stereocenters. The minimum atomic E-state index is -0.0750. The second kappa shape index (κ2) is 9.36. The van der Waals surface area contributed by atoms with E-state index >= 15 is 0 Å². The third-order valence-electron chi connectivity index (χ3n) is 4.07. The van der Waals surface area contributed by atoms with E-state index in [0.29, 0.717) is 35.4 Å². The lowest BCUT2D eigenvalue weighted by atomic mass is 10.1. The Kier molecular flexibility index (Phi) is 7.18. The van der Waals surface area contributed by atoms with Crippen LogP contribution in [0.3, 0.4) is 0 Å². The number of amides is 1. The fourth-order valence-corrected chi connectivity index (χ4v) is 3.56. The van der Waals surface area contributed by atoms with Crippen LogP contribution >= 0.6 is 11.3 Å². The van der Waals surface area contributed by atoms with Gasteiger partial charge in [0, 0.05) is 18.4 Å². The van der Waals surface area contributed by atoms with E-state index in [0.717, 1.165) is 23.4 Å². The number of ether oxygens (including phenoxy) is 2. The highest BCUT2D eigenvalue weighted by Crippen LogP contribution is 2.28. The molecule has 0 aliphatic heterocycles. The molecule has 1 aromatic heterocycles. The number of carbonyl (C=O) groups is 1. The summed E-state index contributed by atoms with van der Waals surface area (Å²) in [5.74, 6) is 1.77. The molecule has 25 heavy (non-hydrogen) atoms. The van der Waals surface area contributed by atoms with Crippen LogP contribution < -0.4 is 14.8 Å². The number of nitrogens with one attached hydrogen (secondary N) is 1. The highest BCUT2D eigenvalue weighted by atomic mass is 32.1. The molecule has 0 aliphatic rings. The minimum Gasteiger partial charge on any atom is -0.497 e. The van der Waals surface area contributed by atoms with Crippen molar-refractivity contribution < 1.29 is 14.3 Å². The molecular weight excluding hydrogens is 338 g/mol. The van der Waals surface area contributed by atoms with Crippen LogP contribution in [-0.4, -0.2) is 30.3 Å². The molecule has 0 bridgehead atoms. The average molecular weight is 363 g/mol. The van der Waals surface area contributed by atoms with E-state index in [9.17, 15) is 4.79 Å². The SMILES string of the molecule is CCC(CC)c1nnc(NC(=O)CCc2cc(OC)cc(OC)c2)s1. The summed E-state index contributed by atoms with van der Waals surface area (Å²) in [4.78, 5) is 12.2. The molecule has 0 spiro atoms. The monoisotopic (exact) mass is 363 g/mol. The van der Waals surface area contributed by atoms with E-state index < -0.39 is 0 Å². The summed E-state index contributed by atoms with van der Waals surface area (Å²) in [6, 6.07) is 5.63. The Hall–Kier alpha value is -2.15. The fraction of sp³-hybridized carbons (Fsp3) is 0.500. The van der Waals surface area contributed by atoms with Crippen LogP contribution in [0.4, 0.5) is 5.13 Å². The maximum Gasteiger partial charge on any atom is 0.226 e. The van der Waals surface area contributed by atoms with Gasteiger partial charge in [0.15, 0.2) is 0 Å². The molecule has 1 aromatic carbocycles. The van der Waals surface area contributed by atoms with Crippen molar-refractivity contribution in [1.29, 1.82) is 0 Å². The molecule has 0 aliphatic carbocycles. The first-order valence-electron chi connectivity index (χ1n) is 8.44. The number of hydrogen-bond donors (Lipinski definition) is 1. The molecule has 0 atom stereocenters. The molecule has 0 radical (unpaired) electrons. The molecule has 0 saturated carbocycles. The summed E-state index contributed by atoms with van der Waals surface area (Å²) in [7, 11) is 3.22. The molecule has 1 heterocycles. The molecule has 1 amide bonds. The van der Waals surface area contributed by atoms with Crippen LogP contribution in [-0.2, 0) is 11.2 Å². The van der Waals surface area contributed by atoms with Crippen LogP contribution in [0.2, 0.25) is 0 Å². The number of hydrogen-bond acceptors (Lipinski definition) is 6. The second-order valence-electron chi connectivity index (χ2n) is 5.73. The standard InChI is InChI=1S/C18H25N3O3S/c1-5-13(6-2)17-20-21-18(25-17)19-16(22)8-7-12-9-14(23-3)11-15(10-12)24-4/h9-11,13H,5-8H2,1-4H3,(H,19,21,22). The first kappa shape index (κ1) is 19.2. The van der Waals surface area contributed by atoms with Gasteiger partial charge in [-0.3, -0.25) is 4.79 Å². The van der Waals surface area contributed by atoms with Gasteiger partial charge in [0.1, 0.15) is 16.5 Å². The van der Waals surface area contributed by atoms with Gasteiger partial charge in [-0.1, -0.05) is 25.2 Å². The van der Waals surface area contributed by atoms with Crippen molar-refractivity contribution in [2.75, 3.05) is 19.5 Å². The van der Waals surface area contributed by atoms with Gasteiger partial charge in [0.25, 0.3) is 0 Å². The number of benzene rings is 1. The van der Waals surface area contributed by atoms with Gasteiger partial charge in [0.05, 0.1) is 14.2 Å². The van der Waals surface area contributed by atoms with Crippen LogP contribution in [0.1, 0.15) is 49.6 Å². The third kappa shape index (κ3) is 5.42. The van der Waals surface area contributed by atoms with Gasteiger partial charge in [-0.15, -0.1) is 10.2 Å². The molecule has 1 N–H and O–H groups in total. The third-order valence-corrected chi connectivity index (χ3v) is 5.07. The van der Waals surface area contributed by atoms with Gasteiger partial charge in [-0.2, -0.15) is 0 Å². The molecular formula is C18H25N3O3S. The summed E-state index contributed by atoms with van der Waals surface area (Å²) in [5, 5.41) is 12.7. The largest absolute Gasteiger partial charge is 0.497 e. The Labute approximate surface area is 152 Å². The predicted octanol–water partition coefficient (Wildman–Crippen LogP) is 4.03. The molecule has 2 aromatic rings. The lowest BCUT2D eigenvalue weighted by molar-refractivity contribution is -0.116. The van der Waals surface area contributed by atoms with Crippen LogP contribution in [0.25, 0.3) is 0 Å². The van der Waals surface area contributed by atoms with Crippen molar-refractivity contribution in [3.8, 4) is 11.5 Å². The highest BCUT2D eigenvalue weighted by Gasteiger charge is 2.14. The van der Waals surface area contributed by atoms with E-state index in [1.807, 2.05) is 18.2 Å². The van der Waals surface area contributed by atoms with Crippen molar-refractivity contribution in [3.05, 3.63) is 28.8 Å². The van der Waals surface area contributed by atoms with E-state index in [1.54, 1.807) is 14.2 Å². The summed E-state index contributed by atoms with van der Waals surface area (Å²) in [5.41, 5.74) is 0.987. The highest BCUT2D eigenvalue weighted by molar-refractivity contribution is 7.15. The van der Waals surface area contributed by atoms with Crippen molar-refractivity contribution >= 4 is 22.4 Å². The summed E-state index contributed by atoms with van der Waals surface area (Å²) < 4.78 is 10.5. The summed E-state index contributed by atoms with van der Waals surface area (Å²) >= 11 is 1.46. The van der Waals surface area contributed by atoms with Gasteiger partial charge in [-0.05, 0) is 37.0 Å². The lowest BCUT2D eigenvalue weighted by Crippen LogP contribution is -2.12. The zero-order valence-electron chi connectivity index (χ0n) is 15.2. The molecule has 136 valence electrons. The number of carbonyl (C=O) groups excluding carboxylic acids is 1. The quantitative estimate of drug-likeness (QED) is 0.728. The Bertz CT molecular complexity index is 676. The predicted molar refractivity (Wildman–Crippen MR) is 99.7 cm³/mol. The normalized spacial score (nSPS) is 10.8. The Morgan fingerprint density at radius 1 is 1.12 bits per heavy atom. The number of aromatic nitrogens is 2. The van der Waals surface area contributed by atoms with Crippen molar-refractivity contribution in [3.63, 3.8) is 0 Å². The van der Waals surface area contributed by atoms with Crippen LogP contribution in [0.15, 0.2) is 18.2 Å². The van der Waals surface area contributed by atoms with E-state index in [2.05, 4.69) is 29.4 Å². The molecule has 0 fully saturated rings. The van der Waals surface area contributed by atoms with Crippen LogP contribution in [0, 0.1) is 0 Å².